The Labute approximate surface area is 198 Å². The van der Waals surface area contributed by atoms with E-state index in [9.17, 15) is 14.4 Å². The van der Waals surface area contributed by atoms with Crippen LogP contribution in [0.5, 0.6) is 0 Å². The van der Waals surface area contributed by atoms with Crippen LogP contribution >= 0.6 is 0 Å². The van der Waals surface area contributed by atoms with E-state index in [-0.39, 0.29) is 24.0 Å². The number of carboxylic acids is 1. The molecule has 1 atom stereocenters. The van der Waals surface area contributed by atoms with E-state index in [1.807, 2.05) is 54.6 Å². The standard InChI is InChI=1S/C26H29N3O5/c1-4-34-25(33)26(2,3)16-20(27-23(30)21-15-22(24(31)32)29-28-21)14-17-10-12-19(13-11-17)18-8-6-5-7-9-18/h5-13,15,20H,4,14,16H2,1-3H3,(H,27,30)(H,28,29)(H,31,32)/t20-/m1/s1. The minimum atomic E-state index is -1.23. The number of amides is 1. The number of hydrogen-bond acceptors (Lipinski definition) is 5. The highest BCUT2D eigenvalue weighted by atomic mass is 16.5. The molecule has 3 rings (SSSR count). The molecular formula is C26H29N3O5. The fourth-order valence-electron chi connectivity index (χ4n) is 3.76. The van der Waals surface area contributed by atoms with Crippen LogP contribution in [0.15, 0.2) is 60.7 Å². The van der Waals surface area contributed by atoms with Crippen LogP contribution in [-0.2, 0) is 16.0 Å². The maximum Gasteiger partial charge on any atom is 0.356 e. The Bertz CT molecular complexity index is 1140. The number of aromatic amines is 1. The van der Waals surface area contributed by atoms with Crippen LogP contribution in [0.25, 0.3) is 11.1 Å². The predicted octanol–water partition coefficient (Wildman–Crippen LogP) is 4.10. The number of carboxylic acid groups (broad SMARTS) is 1. The summed E-state index contributed by atoms with van der Waals surface area (Å²) in [5.41, 5.74) is 2.13. The molecule has 3 N–H and O–H groups in total. The number of carbonyl (C=O) groups excluding carboxylic acids is 2. The smallest absolute Gasteiger partial charge is 0.356 e. The molecule has 0 saturated carbocycles. The Morgan fingerprint density at radius 2 is 1.71 bits per heavy atom. The average Bonchev–Trinajstić information content (AvgIpc) is 3.31. The van der Waals surface area contributed by atoms with Gasteiger partial charge in [-0.25, -0.2) is 4.79 Å². The van der Waals surface area contributed by atoms with E-state index < -0.39 is 23.3 Å². The van der Waals surface area contributed by atoms with Gasteiger partial charge >= 0.3 is 11.9 Å². The highest BCUT2D eigenvalue weighted by Gasteiger charge is 2.33. The number of aromatic carboxylic acids is 1. The Balaban J connectivity index is 1.79. The summed E-state index contributed by atoms with van der Waals surface area (Å²) >= 11 is 0. The Hall–Kier alpha value is -3.94. The highest BCUT2D eigenvalue weighted by Crippen LogP contribution is 2.27. The topological polar surface area (TPSA) is 121 Å². The third kappa shape index (κ3) is 6.31. The summed E-state index contributed by atoms with van der Waals surface area (Å²) < 4.78 is 5.21. The van der Waals surface area contributed by atoms with Crippen molar-refractivity contribution in [3.63, 3.8) is 0 Å². The molecule has 0 aliphatic rings. The normalized spacial score (nSPS) is 12.1. The van der Waals surface area contributed by atoms with Gasteiger partial charge in [0.05, 0.1) is 12.0 Å². The van der Waals surface area contributed by atoms with E-state index in [1.54, 1.807) is 20.8 Å². The number of nitrogens with zero attached hydrogens (tertiary/aromatic N) is 1. The van der Waals surface area contributed by atoms with E-state index >= 15 is 0 Å². The van der Waals surface area contributed by atoms with E-state index in [0.717, 1.165) is 16.7 Å². The Morgan fingerprint density at radius 3 is 2.29 bits per heavy atom. The van der Waals surface area contributed by atoms with Crippen LogP contribution in [0.3, 0.4) is 0 Å². The summed E-state index contributed by atoms with van der Waals surface area (Å²) in [5.74, 6) is -2.07. The summed E-state index contributed by atoms with van der Waals surface area (Å²) in [6.45, 7) is 5.58. The van der Waals surface area contributed by atoms with Crippen molar-refractivity contribution in [3.05, 3.63) is 77.6 Å². The molecule has 0 unspecified atom stereocenters. The largest absolute Gasteiger partial charge is 0.476 e. The highest BCUT2D eigenvalue weighted by molar-refractivity contribution is 5.95. The number of ether oxygens (including phenoxy) is 1. The van der Waals surface area contributed by atoms with Crippen LogP contribution in [0, 0.1) is 5.41 Å². The molecule has 0 aliphatic carbocycles. The van der Waals surface area contributed by atoms with Crippen molar-refractivity contribution in [2.24, 2.45) is 5.41 Å². The molecule has 0 fully saturated rings. The average molecular weight is 464 g/mol. The van der Waals surface area contributed by atoms with Crippen LogP contribution in [0.1, 0.15) is 53.7 Å². The van der Waals surface area contributed by atoms with Gasteiger partial charge in [-0.2, -0.15) is 5.10 Å². The van der Waals surface area contributed by atoms with Gasteiger partial charge in [-0.3, -0.25) is 14.7 Å². The number of aromatic nitrogens is 2. The number of hydrogen-bond donors (Lipinski definition) is 3. The van der Waals surface area contributed by atoms with Crippen molar-refractivity contribution < 1.29 is 24.2 Å². The number of H-pyrrole nitrogens is 1. The lowest BCUT2D eigenvalue weighted by molar-refractivity contribution is -0.154. The number of rotatable bonds is 10. The zero-order chi connectivity index (χ0) is 24.7. The van der Waals surface area contributed by atoms with E-state index in [1.165, 1.54) is 6.07 Å². The summed E-state index contributed by atoms with van der Waals surface area (Å²) in [7, 11) is 0. The molecule has 0 saturated heterocycles. The van der Waals surface area contributed by atoms with Crippen molar-refractivity contribution in [2.75, 3.05) is 6.61 Å². The molecule has 8 nitrogen and oxygen atoms in total. The first-order valence-corrected chi connectivity index (χ1v) is 11.1. The molecule has 1 amide bonds. The van der Waals surface area contributed by atoms with Crippen LogP contribution < -0.4 is 5.32 Å². The van der Waals surface area contributed by atoms with Gasteiger partial charge < -0.3 is 15.2 Å². The molecule has 3 aromatic rings. The van der Waals surface area contributed by atoms with E-state index in [2.05, 4.69) is 15.5 Å². The molecule has 0 radical (unpaired) electrons. The van der Waals surface area contributed by atoms with Gasteiger partial charge in [0.15, 0.2) is 5.69 Å². The molecule has 0 spiro atoms. The summed E-state index contributed by atoms with van der Waals surface area (Å²) in [6, 6.07) is 18.8. The van der Waals surface area contributed by atoms with Crippen molar-refractivity contribution in [1.29, 1.82) is 0 Å². The van der Waals surface area contributed by atoms with E-state index in [0.29, 0.717) is 12.8 Å². The molecule has 178 valence electrons. The molecule has 0 bridgehead atoms. The summed E-state index contributed by atoms with van der Waals surface area (Å²) in [6.07, 6.45) is 0.807. The first kappa shape index (κ1) is 24.7. The van der Waals surface area contributed by atoms with Crippen molar-refractivity contribution >= 4 is 17.8 Å². The predicted molar refractivity (Wildman–Crippen MR) is 127 cm³/mol. The molecule has 2 aromatic carbocycles. The minimum Gasteiger partial charge on any atom is -0.476 e. The van der Waals surface area contributed by atoms with Crippen molar-refractivity contribution in [1.82, 2.24) is 15.5 Å². The number of carbonyl (C=O) groups is 3. The summed E-state index contributed by atoms with van der Waals surface area (Å²) in [4.78, 5) is 36.4. The van der Waals surface area contributed by atoms with Gasteiger partial charge in [-0.05, 0) is 50.3 Å². The van der Waals surface area contributed by atoms with Crippen LogP contribution in [0.4, 0.5) is 0 Å². The Kier molecular flexibility index (Phi) is 7.83. The lowest BCUT2D eigenvalue weighted by atomic mass is 9.83. The van der Waals surface area contributed by atoms with Crippen LogP contribution in [0.2, 0.25) is 0 Å². The zero-order valence-electron chi connectivity index (χ0n) is 19.5. The first-order chi connectivity index (χ1) is 16.2. The third-order valence-corrected chi connectivity index (χ3v) is 5.50. The maximum atomic E-state index is 12.8. The second-order valence-corrected chi connectivity index (χ2v) is 8.72. The molecule has 1 aromatic heterocycles. The quantitative estimate of drug-likeness (QED) is 0.389. The zero-order valence-corrected chi connectivity index (χ0v) is 19.5. The van der Waals surface area contributed by atoms with Crippen molar-refractivity contribution in [3.8, 4) is 11.1 Å². The van der Waals surface area contributed by atoms with Gasteiger partial charge in [0.25, 0.3) is 5.91 Å². The lowest BCUT2D eigenvalue weighted by Crippen LogP contribution is -2.42. The van der Waals surface area contributed by atoms with Gasteiger partial charge in [0.2, 0.25) is 0 Å². The monoisotopic (exact) mass is 463 g/mol. The van der Waals surface area contributed by atoms with Gasteiger partial charge in [0.1, 0.15) is 5.69 Å². The minimum absolute atomic E-state index is 0.0377. The number of nitrogens with one attached hydrogen (secondary N) is 2. The molecule has 8 heteroatoms. The molecule has 34 heavy (non-hydrogen) atoms. The molecular weight excluding hydrogens is 434 g/mol. The van der Waals surface area contributed by atoms with E-state index in [4.69, 9.17) is 9.84 Å². The van der Waals surface area contributed by atoms with Crippen molar-refractivity contribution in [2.45, 2.75) is 39.7 Å². The second-order valence-electron chi connectivity index (χ2n) is 8.72. The second kappa shape index (κ2) is 10.8. The van der Waals surface area contributed by atoms with Gasteiger partial charge in [0, 0.05) is 12.1 Å². The van der Waals surface area contributed by atoms with Gasteiger partial charge in [-0.1, -0.05) is 54.6 Å². The third-order valence-electron chi connectivity index (χ3n) is 5.50. The van der Waals surface area contributed by atoms with Gasteiger partial charge in [-0.15, -0.1) is 0 Å². The fraction of sp³-hybridized carbons (Fsp3) is 0.308. The Morgan fingerprint density at radius 1 is 1.06 bits per heavy atom. The van der Waals surface area contributed by atoms with Crippen LogP contribution in [-0.4, -0.2) is 45.8 Å². The SMILES string of the molecule is CCOC(=O)C(C)(C)C[C@@H](Cc1ccc(-c2ccccc2)cc1)NC(=O)c1cc(C(=O)O)n[nH]1. The first-order valence-electron chi connectivity index (χ1n) is 11.1. The lowest BCUT2D eigenvalue weighted by Gasteiger charge is -2.28. The molecule has 0 aliphatic heterocycles. The summed E-state index contributed by atoms with van der Waals surface area (Å²) in [5, 5.41) is 18.1. The molecule has 1 heterocycles. The number of esters is 1. The fourth-order valence-corrected chi connectivity index (χ4v) is 3.76. The maximum absolute atomic E-state index is 12.8. The number of benzene rings is 2.